The minimum absolute atomic E-state index is 1.15. The molecule has 4 rings (SSSR count). The molecule has 0 N–H and O–H groups in total. The van der Waals surface area contributed by atoms with E-state index in [1.165, 1.54) is 28.2 Å². The standard InChI is InChI=1S/C27H28P2/c1-28(24-15-7-3-8-16-24,25-17-9-4-10-18-25)23-29(2,26-19-11-5-12-20-26)27-21-13-6-14-22-27/h3-9,11-13,15-17,19-21H,10,18,23H2,1-2H3/q+2. The molecule has 0 amide bonds. The molecule has 0 fully saturated rings. The van der Waals surface area contributed by atoms with E-state index in [1.807, 2.05) is 6.08 Å². The first kappa shape index (κ1) is 20.1. The van der Waals surface area contributed by atoms with Crippen molar-refractivity contribution in [2.24, 2.45) is 0 Å². The van der Waals surface area contributed by atoms with Gasteiger partial charge in [-0.25, -0.2) is 0 Å². The van der Waals surface area contributed by atoms with E-state index in [0.717, 1.165) is 6.42 Å². The third-order valence-electron chi connectivity index (χ3n) is 6.01. The quantitative estimate of drug-likeness (QED) is 0.357. The predicted octanol–water partition coefficient (Wildman–Crippen LogP) is 6.89. The van der Waals surface area contributed by atoms with E-state index >= 15 is 0 Å². The van der Waals surface area contributed by atoms with Gasteiger partial charge in [0.15, 0.2) is 11.2 Å². The van der Waals surface area contributed by atoms with Crippen LogP contribution in [-0.2, 0) is 0 Å². The molecule has 2 aliphatic rings. The molecule has 0 nitrogen and oxygen atoms in total. The van der Waals surface area contributed by atoms with E-state index in [4.69, 9.17) is 0 Å². The molecule has 0 aliphatic heterocycles. The van der Waals surface area contributed by atoms with Gasteiger partial charge in [-0.05, 0) is 60.7 Å². The average molecular weight is 414 g/mol. The number of hydrogen-bond donors (Lipinski definition) is 0. The minimum atomic E-state index is -1.63. The summed E-state index contributed by atoms with van der Waals surface area (Å²) in [7, 11) is -3.15. The SMILES string of the molecule is C[P+](C[P+](C)(C1=CC=CCC1)c1ccccc1)(C1=C=C=CC=C1)c1ccccc1. The van der Waals surface area contributed by atoms with Crippen LogP contribution >= 0.6 is 14.5 Å². The monoisotopic (exact) mass is 414 g/mol. The second-order valence-corrected chi connectivity index (χ2v) is 16.0. The second kappa shape index (κ2) is 8.67. The zero-order chi connectivity index (χ0) is 20.2. The van der Waals surface area contributed by atoms with Gasteiger partial charge in [0.25, 0.3) is 0 Å². The molecular weight excluding hydrogens is 386 g/mol. The smallest absolute Gasteiger partial charge is 0.0839 e. The molecule has 0 bridgehead atoms. The molecule has 144 valence electrons. The number of allylic oxidation sites excluding steroid dienone is 8. The summed E-state index contributed by atoms with van der Waals surface area (Å²) in [4.78, 5) is 0. The van der Waals surface area contributed by atoms with Gasteiger partial charge in [-0.1, -0.05) is 54.3 Å². The first-order valence-corrected chi connectivity index (χ1v) is 15.0. The van der Waals surface area contributed by atoms with Crippen molar-refractivity contribution in [3.63, 3.8) is 0 Å². The topological polar surface area (TPSA) is 0 Å². The highest BCUT2D eigenvalue weighted by Crippen LogP contribution is 2.77. The van der Waals surface area contributed by atoms with Crippen LogP contribution in [0.15, 0.2) is 119 Å². The molecule has 2 unspecified atom stereocenters. The van der Waals surface area contributed by atoms with E-state index in [9.17, 15) is 0 Å². The van der Waals surface area contributed by atoms with Crippen LogP contribution < -0.4 is 10.6 Å². The fraction of sp³-hybridized carbons (Fsp3) is 0.185. The summed E-state index contributed by atoms with van der Waals surface area (Å²) in [6, 6.07) is 22.4. The summed E-state index contributed by atoms with van der Waals surface area (Å²) < 4.78 is 0. The van der Waals surface area contributed by atoms with Crippen molar-refractivity contribution in [2.45, 2.75) is 12.8 Å². The largest absolute Gasteiger partial charge is 0.178 e. The lowest BCUT2D eigenvalue weighted by Gasteiger charge is -2.31. The lowest BCUT2D eigenvalue weighted by Crippen LogP contribution is -2.22. The van der Waals surface area contributed by atoms with Gasteiger partial charge in [0.05, 0.1) is 18.6 Å². The normalized spacial score (nSPS) is 19.2. The molecule has 0 saturated carbocycles. The Morgan fingerprint density at radius 3 is 2.03 bits per heavy atom. The van der Waals surface area contributed by atoms with E-state index in [0.29, 0.717) is 0 Å². The van der Waals surface area contributed by atoms with Crippen LogP contribution in [0.2, 0.25) is 0 Å². The van der Waals surface area contributed by atoms with Crippen molar-refractivity contribution >= 4 is 25.1 Å². The Morgan fingerprint density at radius 2 is 1.48 bits per heavy atom. The summed E-state index contributed by atoms with van der Waals surface area (Å²) in [6.45, 7) is 5.06. The highest BCUT2D eigenvalue weighted by molar-refractivity contribution is 8.01. The van der Waals surface area contributed by atoms with Crippen molar-refractivity contribution < 1.29 is 0 Å². The van der Waals surface area contributed by atoms with Gasteiger partial charge in [0.2, 0.25) is 0 Å². The Balaban J connectivity index is 1.89. The van der Waals surface area contributed by atoms with Crippen LogP contribution in [0, 0.1) is 0 Å². The molecule has 0 spiro atoms. The Morgan fingerprint density at radius 1 is 0.828 bits per heavy atom. The zero-order valence-electron chi connectivity index (χ0n) is 17.3. The van der Waals surface area contributed by atoms with Crippen LogP contribution in [-0.4, -0.2) is 19.2 Å². The van der Waals surface area contributed by atoms with Gasteiger partial charge in [-0.3, -0.25) is 0 Å². The summed E-state index contributed by atoms with van der Waals surface area (Å²) in [6.07, 6.45) is 15.6. The zero-order valence-corrected chi connectivity index (χ0v) is 19.0. The van der Waals surface area contributed by atoms with E-state index < -0.39 is 14.5 Å². The minimum Gasteiger partial charge on any atom is -0.0839 e. The van der Waals surface area contributed by atoms with Gasteiger partial charge < -0.3 is 0 Å². The van der Waals surface area contributed by atoms with Gasteiger partial charge in [-0.2, -0.15) is 0 Å². The fourth-order valence-corrected chi connectivity index (χ4v) is 15.6. The molecule has 0 radical (unpaired) electrons. The Kier molecular flexibility index (Phi) is 6.01. The maximum atomic E-state index is 3.49. The van der Waals surface area contributed by atoms with Crippen molar-refractivity contribution in [1.29, 1.82) is 0 Å². The lowest BCUT2D eigenvalue weighted by atomic mass is 10.2. The number of rotatable bonds is 6. The predicted molar refractivity (Wildman–Crippen MR) is 133 cm³/mol. The Bertz CT molecular complexity index is 1060. The third-order valence-corrected chi connectivity index (χ3v) is 16.4. The first-order valence-electron chi connectivity index (χ1n) is 10.2. The fourth-order valence-electron chi connectivity index (χ4n) is 4.35. The average Bonchev–Trinajstić information content (AvgIpc) is 2.81. The van der Waals surface area contributed by atoms with Gasteiger partial charge in [-0.15, -0.1) is 0 Å². The third kappa shape index (κ3) is 4.09. The van der Waals surface area contributed by atoms with Crippen molar-refractivity contribution in [2.75, 3.05) is 19.2 Å². The molecule has 2 aliphatic carbocycles. The Hall–Kier alpha value is -2.18. The van der Waals surface area contributed by atoms with Gasteiger partial charge in [0, 0.05) is 6.42 Å². The molecule has 29 heavy (non-hydrogen) atoms. The van der Waals surface area contributed by atoms with Crippen LogP contribution in [0.25, 0.3) is 0 Å². The molecule has 0 saturated heterocycles. The first-order chi connectivity index (χ1) is 14.1. The van der Waals surface area contributed by atoms with Crippen LogP contribution in [0.1, 0.15) is 12.8 Å². The molecular formula is C27H28P2+2. The highest BCUT2D eigenvalue weighted by Gasteiger charge is 2.53. The number of hydrogen-bond acceptors (Lipinski definition) is 0. The van der Waals surface area contributed by atoms with Crippen LogP contribution in [0.5, 0.6) is 0 Å². The summed E-state index contributed by atoms with van der Waals surface area (Å²) >= 11 is 0. The molecule has 0 heterocycles. The summed E-state index contributed by atoms with van der Waals surface area (Å²) in [5.41, 5.74) is 6.72. The van der Waals surface area contributed by atoms with Crippen molar-refractivity contribution in [1.82, 2.24) is 0 Å². The molecule has 2 heteroatoms. The van der Waals surface area contributed by atoms with E-state index in [-0.39, 0.29) is 0 Å². The summed E-state index contributed by atoms with van der Waals surface area (Å²) in [5.74, 6) is 1.20. The van der Waals surface area contributed by atoms with Crippen LogP contribution in [0.4, 0.5) is 0 Å². The Labute approximate surface area is 176 Å². The highest BCUT2D eigenvalue weighted by atomic mass is 31.2. The van der Waals surface area contributed by atoms with E-state index in [2.05, 4.69) is 116 Å². The van der Waals surface area contributed by atoms with Crippen LogP contribution in [0.3, 0.4) is 0 Å². The maximum Gasteiger partial charge on any atom is 0.178 e. The van der Waals surface area contributed by atoms with Crippen molar-refractivity contribution in [3.8, 4) is 0 Å². The number of benzene rings is 2. The van der Waals surface area contributed by atoms with Crippen molar-refractivity contribution in [3.05, 3.63) is 119 Å². The molecule has 2 aromatic rings. The summed E-state index contributed by atoms with van der Waals surface area (Å²) in [5, 5.41) is 5.96. The van der Waals surface area contributed by atoms with E-state index in [1.54, 1.807) is 5.31 Å². The molecule has 2 atom stereocenters. The molecule has 0 aromatic heterocycles. The lowest BCUT2D eigenvalue weighted by molar-refractivity contribution is 1.01. The maximum absolute atomic E-state index is 3.49. The van der Waals surface area contributed by atoms with Gasteiger partial charge in [0.1, 0.15) is 25.1 Å². The second-order valence-electron chi connectivity index (χ2n) is 8.00. The van der Waals surface area contributed by atoms with Gasteiger partial charge >= 0.3 is 0 Å². The molecule has 2 aromatic carbocycles.